The van der Waals surface area contributed by atoms with Gasteiger partial charge < -0.3 is 20.1 Å². The number of aryl methyl sites for hydroxylation is 2. The van der Waals surface area contributed by atoms with Gasteiger partial charge in [0.05, 0.1) is 28.0 Å². The zero-order valence-corrected chi connectivity index (χ0v) is 23.3. The summed E-state index contributed by atoms with van der Waals surface area (Å²) in [7, 11) is 0. The number of nitrogens with one attached hydrogen (secondary N) is 3. The van der Waals surface area contributed by atoms with Crippen molar-refractivity contribution in [2.45, 2.75) is 20.8 Å². The van der Waals surface area contributed by atoms with Crippen molar-refractivity contribution in [3.05, 3.63) is 80.8 Å². The molecule has 0 atom stereocenters. The van der Waals surface area contributed by atoms with Gasteiger partial charge in [-0.05, 0) is 89.8 Å². The Morgan fingerprint density at radius 2 is 1.68 bits per heavy atom. The molecule has 3 amide bonds. The molecule has 0 spiro atoms. The molecule has 0 saturated heterocycles. The number of benzene rings is 3. The van der Waals surface area contributed by atoms with Gasteiger partial charge in [-0.25, -0.2) is 5.43 Å². The van der Waals surface area contributed by atoms with Crippen LogP contribution in [0.5, 0.6) is 11.5 Å². The van der Waals surface area contributed by atoms with Crippen LogP contribution in [-0.2, 0) is 14.4 Å². The predicted octanol–water partition coefficient (Wildman–Crippen LogP) is 5.22. The largest absolute Gasteiger partial charge is 0.490 e. The summed E-state index contributed by atoms with van der Waals surface area (Å²) in [5, 5.41) is 9.37. The first-order chi connectivity index (χ1) is 18.2. The van der Waals surface area contributed by atoms with Crippen LogP contribution < -0.4 is 25.5 Å². The van der Waals surface area contributed by atoms with Crippen LogP contribution in [-0.4, -0.2) is 37.1 Å². The summed E-state index contributed by atoms with van der Waals surface area (Å²) in [4.78, 5) is 36.6. The number of hydrogen-bond donors (Lipinski definition) is 3. The summed E-state index contributed by atoms with van der Waals surface area (Å²) in [6.07, 6.45) is 1.34. The lowest BCUT2D eigenvalue weighted by atomic mass is 10.1. The summed E-state index contributed by atoms with van der Waals surface area (Å²) in [5.74, 6) is -1.52. The average Bonchev–Trinajstić information content (AvgIpc) is 2.84. The molecule has 3 N–H and O–H groups in total. The molecule has 3 rings (SSSR count). The number of anilines is 2. The maximum Gasteiger partial charge on any atom is 0.329 e. The molecule has 38 heavy (non-hydrogen) atoms. The average molecular weight is 602 g/mol. The third-order valence-corrected chi connectivity index (χ3v) is 5.81. The van der Waals surface area contributed by atoms with E-state index in [0.29, 0.717) is 44.5 Å². The molecule has 0 heterocycles. The normalized spacial score (nSPS) is 10.7. The van der Waals surface area contributed by atoms with E-state index in [1.807, 2.05) is 39.0 Å². The second kappa shape index (κ2) is 13.6. The standard InChI is InChI=1S/C27H26BrClN4O5/c1-4-37-23-13-18(14-30-33-27(36)26(35)32-22-8-6-5-7-21(22)29)12-20(28)25(23)38-15-24(34)31-19-10-16(2)9-17(3)11-19/h5-14H,4,15H2,1-3H3,(H,31,34)(H,32,35)(H,33,36). The van der Waals surface area contributed by atoms with Gasteiger partial charge in [-0.3, -0.25) is 14.4 Å². The van der Waals surface area contributed by atoms with Gasteiger partial charge in [-0.2, -0.15) is 5.10 Å². The van der Waals surface area contributed by atoms with Gasteiger partial charge in [0, 0.05) is 5.69 Å². The number of carbonyl (C=O) groups is 3. The fourth-order valence-corrected chi connectivity index (χ4v) is 4.16. The maximum absolute atomic E-state index is 12.5. The van der Waals surface area contributed by atoms with E-state index in [9.17, 15) is 14.4 Å². The molecule has 3 aromatic carbocycles. The molecular formula is C27H26BrClN4O5. The fraction of sp³-hybridized carbons (Fsp3) is 0.185. The predicted molar refractivity (Wildman–Crippen MR) is 151 cm³/mol. The lowest BCUT2D eigenvalue weighted by Crippen LogP contribution is -2.32. The topological polar surface area (TPSA) is 118 Å². The van der Waals surface area contributed by atoms with Gasteiger partial charge in [0.25, 0.3) is 5.91 Å². The lowest BCUT2D eigenvalue weighted by molar-refractivity contribution is -0.136. The molecule has 0 unspecified atom stereocenters. The van der Waals surface area contributed by atoms with Crippen LogP contribution in [0.4, 0.5) is 11.4 Å². The Hall–Kier alpha value is -3.89. The van der Waals surface area contributed by atoms with Gasteiger partial charge in [-0.1, -0.05) is 29.8 Å². The highest BCUT2D eigenvalue weighted by Gasteiger charge is 2.16. The van der Waals surface area contributed by atoms with Gasteiger partial charge in [0.1, 0.15) is 0 Å². The minimum absolute atomic E-state index is 0.240. The van der Waals surface area contributed by atoms with Gasteiger partial charge >= 0.3 is 11.8 Å². The summed E-state index contributed by atoms with van der Waals surface area (Å²) >= 11 is 9.42. The Morgan fingerprint density at radius 1 is 0.974 bits per heavy atom. The number of carbonyl (C=O) groups excluding carboxylic acids is 3. The van der Waals surface area contributed by atoms with Crippen LogP contribution in [0.2, 0.25) is 5.02 Å². The zero-order chi connectivity index (χ0) is 27.7. The van der Waals surface area contributed by atoms with E-state index in [4.69, 9.17) is 21.1 Å². The number of rotatable bonds is 9. The number of halogens is 2. The molecule has 0 fully saturated rings. The second-order valence-corrected chi connectivity index (χ2v) is 9.37. The summed E-state index contributed by atoms with van der Waals surface area (Å²) in [6, 6.07) is 15.6. The van der Waals surface area contributed by atoms with Crippen molar-refractivity contribution in [3.8, 4) is 11.5 Å². The van der Waals surface area contributed by atoms with Crippen LogP contribution in [0.3, 0.4) is 0 Å². The van der Waals surface area contributed by atoms with E-state index in [2.05, 4.69) is 37.1 Å². The molecule has 0 aromatic heterocycles. The molecule has 0 aliphatic rings. The monoisotopic (exact) mass is 600 g/mol. The van der Waals surface area contributed by atoms with E-state index in [-0.39, 0.29) is 12.5 Å². The van der Waals surface area contributed by atoms with Crippen LogP contribution in [0.15, 0.2) is 64.2 Å². The first-order valence-electron chi connectivity index (χ1n) is 11.5. The summed E-state index contributed by atoms with van der Waals surface area (Å²) in [6.45, 7) is 5.82. The van der Waals surface area contributed by atoms with Crippen molar-refractivity contribution in [1.29, 1.82) is 0 Å². The highest BCUT2D eigenvalue weighted by atomic mass is 79.9. The smallest absolute Gasteiger partial charge is 0.329 e. The van der Waals surface area contributed by atoms with Crippen molar-refractivity contribution in [2.24, 2.45) is 5.10 Å². The molecule has 0 aliphatic heterocycles. The third-order valence-electron chi connectivity index (χ3n) is 4.89. The lowest BCUT2D eigenvalue weighted by Gasteiger charge is -2.15. The number of nitrogens with zero attached hydrogens (tertiary/aromatic N) is 1. The number of amides is 3. The number of ether oxygens (including phenoxy) is 2. The molecular weight excluding hydrogens is 576 g/mol. The molecule has 0 radical (unpaired) electrons. The number of para-hydroxylation sites is 1. The molecule has 198 valence electrons. The molecule has 11 heteroatoms. The van der Waals surface area contributed by atoms with Gasteiger partial charge in [0.15, 0.2) is 18.1 Å². The van der Waals surface area contributed by atoms with Crippen molar-refractivity contribution in [2.75, 3.05) is 23.8 Å². The maximum atomic E-state index is 12.5. The molecule has 3 aromatic rings. The molecule has 9 nitrogen and oxygen atoms in total. The highest BCUT2D eigenvalue weighted by Crippen LogP contribution is 2.36. The second-order valence-electron chi connectivity index (χ2n) is 8.11. The zero-order valence-electron chi connectivity index (χ0n) is 20.9. The van der Waals surface area contributed by atoms with Crippen molar-refractivity contribution < 1.29 is 23.9 Å². The Morgan fingerprint density at radius 3 is 2.37 bits per heavy atom. The first kappa shape index (κ1) is 28.7. The van der Waals surface area contributed by atoms with Crippen LogP contribution >= 0.6 is 27.5 Å². The summed E-state index contributed by atoms with van der Waals surface area (Å²) in [5.41, 5.74) is 5.78. The van der Waals surface area contributed by atoms with Gasteiger partial charge in [0.2, 0.25) is 0 Å². The Kier molecular flexibility index (Phi) is 10.3. The summed E-state index contributed by atoms with van der Waals surface area (Å²) < 4.78 is 11.9. The Labute approximate surface area is 233 Å². The quantitative estimate of drug-likeness (QED) is 0.177. The van der Waals surface area contributed by atoms with E-state index in [0.717, 1.165) is 11.1 Å². The van der Waals surface area contributed by atoms with Gasteiger partial charge in [-0.15, -0.1) is 0 Å². The van der Waals surface area contributed by atoms with Crippen molar-refractivity contribution in [3.63, 3.8) is 0 Å². The van der Waals surface area contributed by atoms with E-state index in [1.54, 1.807) is 36.4 Å². The van der Waals surface area contributed by atoms with Crippen LogP contribution in [0.25, 0.3) is 0 Å². The minimum Gasteiger partial charge on any atom is -0.490 e. The van der Waals surface area contributed by atoms with E-state index >= 15 is 0 Å². The first-order valence-corrected chi connectivity index (χ1v) is 12.7. The van der Waals surface area contributed by atoms with Crippen molar-refractivity contribution in [1.82, 2.24) is 5.43 Å². The Bertz CT molecular complexity index is 1360. The van der Waals surface area contributed by atoms with Crippen LogP contribution in [0.1, 0.15) is 23.6 Å². The van der Waals surface area contributed by atoms with Crippen LogP contribution in [0, 0.1) is 13.8 Å². The molecule has 0 aliphatic carbocycles. The van der Waals surface area contributed by atoms with E-state index < -0.39 is 11.8 Å². The van der Waals surface area contributed by atoms with E-state index in [1.165, 1.54) is 6.21 Å². The Balaban J connectivity index is 1.63. The fourth-order valence-electron chi connectivity index (χ4n) is 3.40. The molecule has 0 saturated carbocycles. The third kappa shape index (κ3) is 8.32. The van der Waals surface area contributed by atoms with Crippen molar-refractivity contribution >= 4 is 62.8 Å². The number of hydrogen-bond acceptors (Lipinski definition) is 6. The SMILES string of the molecule is CCOc1cc(C=NNC(=O)C(=O)Nc2ccccc2Cl)cc(Br)c1OCC(=O)Nc1cc(C)cc(C)c1. The number of hydrazone groups is 1. The highest BCUT2D eigenvalue weighted by molar-refractivity contribution is 9.10. The minimum atomic E-state index is -0.972. The molecule has 0 bridgehead atoms.